The molecule has 158 valence electrons. The zero-order valence-electron chi connectivity index (χ0n) is 17.6. The van der Waals surface area contributed by atoms with Gasteiger partial charge >= 0.3 is 0 Å². The first-order chi connectivity index (χ1) is 15.6. The second-order valence-electron chi connectivity index (χ2n) is 7.24. The molecule has 0 radical (unpaired) electrons. The minimum Gasteiger partial charge on any atom is -0.497 e. The van der Waals surface area contributed by atoms with E-state index in [0.29, 0.717) is 22.5 Å². The zero-order valence-corrected chi connectivity index (χ0v) is 17.6. The molecule has 0 saturated heterocycles. The smallest absolute Gasteiger partial charge is 0.259 e. The monoisotopic (exact) mass is 424 g/mol. The Labute approximate surface area is 184 Å². The van der Waals surface area contributed by atoms with Gasteiger partial charge in [-0.2, -0.15) is 4.80 Å². The summed E-state index contributed by atoms with van der Waals surface area (Å²) in [5.41, 5.74) is 3.30. The predicted molar refractivity (Wildman–Crippen MR) is 124 cm³/mol. The Hall–Kier alpha value is -4.39. The molecule has 32 heavy (non-hydrogen) atoms. The number of nitrogens with zero attached hydrogens (tertiary/aromatic N) is 3. The van der Waals surface area contributed by atoms with Crippen LogP contribution in [0.15, 0.2) is 78.9 Å². The van der Waals surface area contributed by atoms with Gasteiger partial charge in [0.1, 0.15) is 22.5 Å². The topological polar surface area (TPSA) is 78.3 Å². The van der Waals surface area contributed by atoms with E-state index in [1.807, 2.05) is 66.7 Å². The number of aromatic nitrogens is 3. The van der Waals surface area contributed by atoms with Crippen LogP contribution in [-0.2, 0) is 0 Å². The quantitative estimate of drug-likeness (QED) is 0.437. The molecule has 0 unspecified atom stereocenters. The maximum atomic E-state index is 13.0. The number of rotatable bonds is 5. The van der Waals surface area contributed by atoms with Crippen molar-refractivity contribution in [2.24, 2.45) is 0 Å². The van der Waals surface area contributed by atoms with Gasteiger partial charge in [0.15, 0.2) is 0 Å². The number of nitrogens with one attached hydrogen (secondary N) is 1. The van der Waals surface area contributed by atoms with E-state index >= 15 is 0 Å². The molecule has 4 aromatic carbocycles. The fraction of sp³-hybridized carbons (Fsp3) is 0.0800. The molecular weight excluding hydrogens is 404 g/mol. The number of carbonyl (C=O) groups excluding carboxylic acids is 1. The SMILES string of the molecule is COc1ccc(-n2nc3ccc(NC(=O)c4cc5ccccc5cc4OC)cc3n2)cc1. The van der Waals surface area contributed by atoms with Crippen LogP contribution < -0.4 is 14.8 Å². The highest BCUT2D eigenvalue weighted by molar-refractivity contribution is 6.09. The number of fused-ring (bicyclic) bond motifs is 2. The van der Waals surface area contributed by atoms with Crippen LogP contribution in [0.4, 0.5) is 5.69 Å². The summed E-state index contributed by atoms with van der Waals surface area (Å²) < 4.78 is 10.6. The number of hydrogen-bond donors (Lipinski definition) is 1. The molecule has 5 rings (SSSR count). The standard InChI is InChI=1S/C25H20N4O3/c1-31-20-10-8-19(9-11-20)29-27-22-12-7-18(15-23(22)28-29)26-25(30)21-13-16-5-3-4-6-17(16)14-24(21)32-2/h3-15H,1-2H3,(H,26,30). The number of anilines is 1. The number of ether oxygens (including phenoxy) is 2. The Kier molecular flexibility index (Phi) is 4.91. The maximum Gasteiger partial charge on any atom is 0.259 e. The zero-order chi connectivity index (χ0) is 22.1. The van der Waals surface area contributed by atoms with Gasteiger partial charge < -0.3 is 14.8 Å². The minimum atomic E-state index is -0.255. The van der Waals surface area contributed by atoms with Crippen LogP contribution in [-0.4, -0.2) is 35.1 Å². The van der Waals surface area contributed by atoms with E-state index in [2.05, 4.69) is 15.5 Å². The molecule has 7 nitrogen and oxygen atoms in total. The molecule has 0 bridgehead atoms. The number of benzene rings is 4. The molecule has 1 aromatic heterocycles. The summed E-state index contributed by atoms with van der Waals surface area (Å²) in [4.78, 5) is 14.6. The van der Waals surface area contributed by atoms with Crippen LogP contribution in [0.1, 0.15) is 10.4 Å². The van der Waals surface area contributed by atoms with E-state index in [-0.39, 0.29) is 5.91 Å². The van der Waals surface area contributed by atoms with Gasteiger partial charge in [0.25, 0.3) is 5.91 Å². The summed E-state index contributed by atoms with van der Waals surface area (Å²) in [5.74, 6) is 1.03. The van der Waals surface area contributed by atoms with Gasteiger partial charge in [-0.15, -0.1) is 10.2 Å². The van der Waals surface area contributed by atoms with E-state index < -0.39 is 0 Å². The average molecular weight is 424 g/mol. The van der Waals surface area contributed by atoms with Crippen LogP contribution >= 0.6 is 0 Å². The van der Waals surface area contributed by atoms with Gasteiger partial charge in [-0.3, -0.25) is 4.79 Å². The summed E-state index contributed by atoms with van der Waals surface area (Å²) in [6.07, 6.45) is 0. The van der Waals surface area contributed by atoms with E-state index in [1.54, 1.807) is 31.1 Å². The molecule has 0 aliphatic carbocycles. The third-order valence-electron chi connectivity index (χ3n) is 5.25. The van der Waals surface area contributed by atoms with Crippen molar-refractivity contribution < 1.29 is 14.3 Å². The Morgan fingerprint density at radius 2 is 1.53 bits per heavy atom. The number of amides is 1. The number of methoxy groups -OCH3 is 2. The van der Waals surface area contributed by atoms with Crippen molar-refractivity contribution in [3.63, 3.8) is 0 Å². The lowest BCUT2D eigenvalue weighted by Gasteiger charge is -2.11. The summed E-state index contributed by atoms with van der Waals surface area (Å²) in [7, 11) is 3.18. The van der Waals surface area contributed by atoms with Gasteiger partial charge in [0, 0.05) is 5.69 Å². The van der Waals surface area contributed by atoms with Crippen molar-refractivity contribution in [3.05, 3.63) is 84.4 Å². The first-order valence-corrected chi connectivity index (χ1v) is 10.0. The highest BCUT2D eigenvalue weighted by atomic mass is 16.5. The van der Waals surface area contributed by atoms with Crippen molar-refractivity contribution in [1.82, 2.24) is 15.0 Å². The van der Waals surface area contributed by atoms with Gasteiger partial charge in [-0.05, 0) is 65.4 Å². The Morgan fingerprint density at radius 1 is 0.812 bits per heavy atom. The Morgan fingerprint density at radius 3 is 2.25 bits per heavy atom. The van der Waals surface area contributed by atoms with Crippen molar-refractivity contribution in [1.29, 1.82) is 0 Å². The lowest BCUT2D eigenvalue weighted by molar-refractivity contribution is 0.102. The summed E-state index contributed by atoms with van der Waals surface area (Å²) in [6.45, 7) is 0. The second kappa shape index (κ2) is 8.03. The summed E-state index contributed by atoms with van der Waals surface area (Å²) in [5, 5.41) is 14.0. The number of carbonyl (C=O) groups is 1. The predicted octanol–water partition coefficient (Wildman–Crippen LogP) is 4.84. The Balaban J connectivity index is 1.44. The molecule has 5 aromatic rings. The van der Waals surface area contributed by atoms with Crippen molar-refractivity contribution >= 4 is 33.4 Å². The molecule has 0 fully saturated rings. The van der Waals surface area contributed by atoms with Crippen molar-refractivity contribution in [2.45, 2.75) is 0 Å². The third-order valence-corrected chi connectivity index (χ3v) is 5.25. The molecule has 1 heterocycles. The lowest BCUT2D eigenvalue weighted by atomic mass is 10.1. The molecule has 1 amide bonds. The van der Waals surface area contributed by atoms with Crippen molar-refractivity contribution in [3.8, 4) is 17.2 Å². The van der Waals surface area contributed by atoms with Crippen LogP contribution in [0.2, 0.25) is 0 Å². The molecule has 1 N–H and O–H groups in total. The van der Waals surface area contributed by atoms with E-state index in [9.17, 15) is 4.79 Å². The molecule has 0 saturated carbocycles. The minimum absolute atomic E-state index is 0.255. The normalized spacial score (nSPS) is 10.9. The average Bonchev–Trinajstić information content (AvgIpc) is 3.26. The largest absolute Gasteiger partial charge is 0.497 e. The second-order valence-corrected chi connectivity index (χ2v) is 7.24. The van der Waals surface area contributed by atoms with Crippen molar-refractivity contribution in [2.75, 3.05) is 19.5 Å². The first kappa shape index (κ1) is 19.6. The number of hydrogen-bond acceptors (Lipinski definition) is 5. The van der Waals surface area contributed by atoms with Crippen LogP contribution in [0.3, 0.4) is 0 Å². The van der Waals surface area contributed by atoms with Gasteiger partial charge in [0.05, 0.1) is 25.5 Å². The highest BCUT2D eigenvalue weighted by Crippen LogP contribution is 2.27. The van der Waals surface area contributed by atoms with E-state index in [0.717, 1.165) is 27.7 Å². The fourth-order valence-corrected chi connectivity index (χ4v) is 3.59. The van der Waals surface area contributed by atoms with Gasteiger partial charge in [-0.1, -0.05) is 24.3 Å². The van der Waals surface area contributed by atoms with Crippen LogP contribution in [0, 0.1) is 0 Å². The maximum absolute atomic E-state index is 13.0. The molecule has 0 aliphatic rings. The fourth-order valence-electron chi connectivity index (χ4n) is 3.59. The van der Waals surface area contributed by atoms with Gasteiger partial charge in [0.2, 0.25) is 0 Å². The van der Waals surface area contributed by atoms with Crippen LogP contribution in [0.25, 0.3) is 27.5 Å². The van der Waals surface area contributed by atoms with E-state index in [1.165, 1.54) is 0 Å². The molecular formula is C25H20N4O3. The highest BCUT2D eigenvalue weighted by Gasteiger charge is 2.15. The summed E-state index contributed by atoms with van der Waals surface area (Å²) >= 11 is 0. The molecule has 7 heteroatoms. The van der Waals surface area contributed by atoms with Crippen LogP contribution in [0.5, 0.6) is 11.5 Å². The van der Waals surface area contributed by atoms with Gasteiger partial charge in [-0.25, -0.2) is 0 Å². The Bertz CT molecular complexity index is 1440. The molecule has 0 spiro atoms. The molecule has 0 atom stereocenters. The summed E-state index contributed by atoms with van der Waals surface area (Å²) in [6, 6.07) is 24.5. The lowest BCUT2D eigenvalue weighted by Crippen LogP contribution is -2.13. The third kappa shape index (κ3) is 3.60. The first-order valence-electron chi connectivity index (χ1n) is 10.0. The molecule has 0 aliphatic heterocycles. The van der Waals surface area contributed by atoms with E-state index in [4.69, 9.17) is 9.47 Å².